The van der Waals surface area contributed by atoms with E-state index in [2.05, 4.69) is 10.3 Å². The standard InChI is InChI=1S/C42H54F3N5O10S/c1-6-25(4)49(38(54)55)32-26(7-2)20-24(3)10-8-9-11-27-21-41(27,37(53)48-61(56,57)40(23-43)15-16-40)47-34(51)30-22-39(5,42(44,45)50(30)36(32)52)60-35-29-12-13-31-33(59-19-18-58-31)28(29)14-17-46-35/h9,11-14,17,24-27,30,32H,6-8,10,15-16,18-23H2,1-5H3,(H,47,51)(H,48,53)(H,54,55)/b11-9-/t24-,25?,26-,27-,30+,32+,39-,41-/m1/s1. The van der Waals surface area contributed by atoms with E-state index in [0.29, 0.717) is 36.3 Å². The highest BCUT2D eigenvalue weighted by Crippen LogP contribution is 2.52. The van der Waals surface area contributed by atoms with E-state index < -0.39 is 98.8 Å². The maximum Gasteiger partial charge on any atom is 0.408 e. The Labute approximate surface area is 352 Å². The molecule has 334 valence electrons. The van der Waals surface area contributed by atoms with Crippen molar-refractivity contribution in [3.8, 4) is 17.4 Å². The van der Waals surface area contributed by atoms with Gasteiger partial charge < -0.3 is 24.6 Å². The van der Waals surface area contributed by atoms with Crippen LogP contribution in [-0.2, 0) is 24.4 Å². The first-order chi connectivity index (χ1) is 28.8. The monoisotopic (exact) mass is 877 g/mol. The number of carbonyl (C=O) groups is 4. The van der Waals surface area contributed by atoms with Crippen LogP contribution in [0.4, 0.5) is 18.0 Å². The molecule has 1 aromatic carbocycles. The Hall–Kier alpha value is -4.81. The molecule has 0 bridgehead atoms. The molecule has 2 saturated carbocycles. The van der Waals surface area contributed by atoms with Crippen LogP contribution in [0.15, 0.2) is 36.5 Å². The minimum atomic E-state index is -4.56. The molecule has 3 aliphatic heterocycles. The van der Waals surface area contributed by atoms with Crippen molar-refractivity contribution >= 4 is 44.6 Å². The van der Waals surface area contributed by atoms with Crippen molar-refractivity contribution < 1.29 is 60.1 Å². The lowest BCUT2D eigenvalue weighted by Gasteiger charge is -2.43. The lowest BCUT2D eigenvalue weighted by molar-refractivity contribution is -0.219. The zero-order valence-electron chi connectivity index (χ0n) is 34.9. The number of carboxylic acid groups (broad SMARTS) is 1. The van der Waals surface area contributed by atoms with Gasteiger partial charge >= 0.3 is 12.1 Å². The molecule has 7 rings (SSSR count). The van der Waals surface area contributed by atoms with E-state index in [1.165, 1.54) is 6.20 Å². The van der Waals surface area contributed by atoms with Gasteiger partial charge in [-0.2, -0.15) is 8.78 Å². The van der Waals surface area contributed by atoms with Gasteiger partial charge in [0.1, 0.15) is 42.3 Å². The van der Waals surface area contributed by atoms with Gasteiger partial charge in [-0.15, -0.1) is 0 Å². The summed E-state index contributed by atoms with van der Waals surface area (Å²) in [6.07, 6.45) is 4.05. The summed E-state index contributed by atoms with van der Waals surface area (Å²) in [7, 11) is -4.56. The van der Waals surface area contributed by atoms with Crippen LogP contribution in [0, 0.1) is 17.8 Å². The molecule has 61 heavy (non-hydrogen) atoms. The van der Waals surface area contributed by atoms with Gasteiger partial charge in [-0.25, -0.2) is 22.6 Å². The second kappa shape index (κ2) is 16.1. The number of nitrogens with one attached hydrogen (secondary N) is 2. The summed E-state index contributed by atoms with van der Waals surface area (Å²) in [5, 5.41) is 13.9. The number of halogens is 3. The van der Waals surface area contributed by atoms with Crippen LogP contribution in [-0.4, -0.2) is 112 Å². The Bertz CT molecular complexity index is 2230. The van der Waals surface area contributed by atoms with Gasteiger partial charge in [0.2, 0.25) is 21.8 Å². The predicted molar refractivity (Wildman–Crippen MR) is 215 cm³/mol. The summed E-state index contributed by atoms with van der Waals surface area (Å²) in [4.78, 5) is 62.5. The van der Waals surface area contributed by atoms with Gasteiger partial charge in [-0.05, 0) is 88.8 Å². The summed E-state index contributed by atoms with van der Waals surface area (Å²) in [5.74, 6) is -4.88. The first-order valence-corrected chi connectivity index (χ1v) is 22.5. The van der Waals surface area contributed by atoms with E-state index in [4.69, 9.17) is 14.2 Å². The smallest absolute Gasteiger partial charge is 0.408 e. The Morgan fingerprint density at radius 2 is 1.85 bits per heavy atom. The largest absolute Gasteiger partial charge is 0.486 e. The molecule has 4 amide bonds. The second-order valence-corrected chi connectivity index (χ2v) is 19.6. The molecule has 1 unspecified atom stereocenters. The Kier molecular flexibility index (Phi) is 11.7. The van der Waals surface area contributed by atoms with Crippen LogP contribution in [0.1, 0.15) is 92.4 Å². The topological polar surface area (TPSA) is 194 Å². The number of benzene rings is 1. The first kappa shape index (κ1) is 44.3. The normalized spacial score (nSPS) is 31.6. The van der Waals surface area contributed by atoms with Crippen LogP contribution < -0.4 is 24.2 Å². The van der Waals surface area contributed by atoms with E-state index in [1.54, 1.807) is 51.1 Å². The average Bonchev–Trinajstić information content (AvgIpc) is 4.14. The number of hydrogen-bond donors (Lipinski definition) is 3. The van der Waals surface area contributed by atoms with Crippen molar-refractivity contribution in [2.24, 2.45) is 17.8 Å². The summed E-state index contributed by atoms with van der Waals surface area (Å²) < 4.78 is 93.9. The fourth-order valence-corrected chi connectivity index (χ4v) is 10.6. The van der Waals surface area contributed by atoms with Gasteiger partial charge in [0.05, 0.1) is 0 Å². The number of allylic oxidation sites excluding steroid dienone is 1. The number of sulfonamides is 1. The van der Waals surface area contributed by atoms with Crippen molar-refractivity contribution in [3.63, 3.8) is 0 Å². The molecule has 5 aliphatic rings. The molecule has 0 radical (unpaired) electrons. The number of pyridine rings is 1. The fraction of sp³-hybridized carbons (Fsp3) is 0.643. The SMILES string of the molecule is CCC(C)N(C(=O)O)[C@@H]1C(=O)N2[C@@H](C[C@@](C)(Oc3nccc4c5c(ccc34)OCCO5)C2(F)F)C(=O)N[C@]2(C(=O)NS(=O)(=O)C3(CF)CC3)C[C@H]2/C=C\CC[C@@H](C)C[C@H]1CC. The quantitative estimate of drug-likeness (QED) is 0.196. The number of nitrogens with zero attached hydrogens (tertiary/aromatic N) is 3. The lowest BCUT2D eigenvalue weighted by atomic mass is 9.83. The molecule has 3 N–H and O–H groups in total. The maximum atomic E-state index is 17.8. The van der Waals surface area contributed by atoms with E-state index in [-0.39, 0.29) is 67.2 Å². The number of rotatable bonds is 10. The van der Waals surface area contributed by atoms with E-state index >= 15 is 13.6 Å². The van der Waals surface area contributed by atoms with Crippen LogP contribution >= 0.6 is 0 Å². The molecule has 15 nitrogen and oxygen atoms in total. The molecule has 3 fully saturated rings. The third kappa shape index (κ3) is 7.62. The van der Waals surface area contributed by atoms with Crippen LogP contribution in [0.25, 0.3) is 10.8 Å². The van der Waals surface area contributed by atoms with Crippen LogP contribution in [0.2, 0.25) is 0 Å². The molecule has 8 atom stereocenters. The van der Waals surface area contributed by atoms with E-state index in [9.17, 15) is 32.3 Å². The molecule has 2 aromatic rings. The third-order valence-corrected chi connectivity index (χ3v) is 15.5. The third-order valence-electron chi connectivity index (χ3n) is 13.4. The summed E-state index contributed by atoms with van der Waals surface area (Å²) in [6.45, 7) is 7.28. The Morgan fingerprint density at radius 1 is 1.13 bits per heavy atom. The number of aromatic nitrogens is 1. The van der Waals surface area contributed by atoms with Crippen molar-refractivity contribution in [2.75, 3.05) is 19.9 Å². The number of carbonyl (C=O) groups excluding carboxylic acids is 3. The molecule has 2 aliphatic carbocycles. The van der Waals surface area contributed by atoms with Gasteiger partial charge in [0.15, 0.2) is 17.1 Å². The van der Waals surface area contributed by atoms with Crippen molar-refractivity contribution in [3.05, 3.63) is 36.5 Å². The Morgan fingerprint density at radius 3 is 2.51 bits per heavy atom. The minimum Gasteiger partial charge on any atom is -0.486 e. The number of fused-ring (bicyclic) bond motifs is 5. The van der Waals surface area contributed by atoms with Gasteiger partial charge in [-0.1, -0.05) is 39.3 Å². The van der Waals surface area contributed by atoms with Crippen molar-refractivity contribution in [1.82, 2.24) is 24.8 Å². The Balaban J connectivity index is 1.35. The molecule has 1 aromatic heterocycles. The fourth-order valence-electron chi connectivity index (χ4n) is 9.15. The van der Waals surface area contributed by atoms with Crippen molar-refractivity contribution in [1.29, 1.82) is 0 Å². The predicted octanol–water partition coefficient (Wildman–Crippen LogP) is 5.71. The average molecular weight is 878 g/mol. The molecule has 1 saturated heterocycles. The van der Waals surface area contributed by atoms with E-state index in [1.807, 2.05) is 11.6 Å². The molecular formula is C42H54F3N5O10S. The highest BCUT2D eigenvalue weighted by Gasteiger charge is 2.71. The van der Waals surface area contributed by atoms with Crippen LogP contribution in [0.3, 0.4) is 0 Å². The second-order valence-electron chi connectivity index (χ2n) is 17.5. The first-order valence-electron chi connectivity index (χ1n) is 21.0. The molecule has 4 heterocycles. The number of hydrogen-bond acceptors (Lipinski definition) is 10. The summed E-state index contributed by atoms with van der Waals surface area (Å²) in [6, 6.07) is -4.14. The van der Waals surface area contributed by atoms with E-state index in [0.717, 1.165) is 11.8 Å². The zero-order chi connectivity index (χ0) is 44.3. The molecule has 0 spiro atoms. The molecular weight excluding hydrogens is 824 g/mol. The summed E-state index contributed by atoms with van der Waals surface area (Å²) in [5.41, 5.74) is -4.66. The van der Waals surface area contributed by atoms with Crippen LogP contribution in [0.5, 0.6) is 17.4 Å². The van der Waals surface area contributed by atoms with Gasteiger partial charge in [0, 0.05) is 35.3 Å². The number of amides is 4. The summed E-state index contributed by atoms with van der Waals surface area (Å²) >= 11 is 0. The van der Waals surface area contributed by atoms with Crippen molar-refractivity contribution in [2.45, 2.75) is 132 Å². The molecule has 19 heteroatoms. The van der Waals surface area contributed by atoms with Gasteiger partial charge in [-0.3, -0.25) is 28.9 Å². The lowest BCUT2D eigenvalue weighted by Crippen LogP contribution is -2.65. The maximum absolute atomic E-state index is 17.8. The zero-order valence-corrected chi connectivity index (χ0v) is 35.7. The minimum absolute atomic E-state index is 0.0153. The number of ether oxygens (including phenoxy) is 3. The highest BCUT2D eigenvalue weighted by molar-refractivity contribution is 7.91. The highest BCUT2D eigenvalue weighted by atomic mass is 32.2. The van der Waals surface area contributed by atoms with Gasteiger partial charge in [0.25, 0.3) is 11.8 Å². The number of alkyl halides is 3.